The summed E-state index contributed by atoms with van der Waals surface area (Å²) < 4.78 is 10.5. The van der Waals surface area contributed by atoms with Gasteiger partial charge in [-0.3, -0.25) is 0 Å². The van der Waals surface area contributed by atoms with Crippen LogP contribution in [0.3, 0.4) is 0 Å². The first-order chi connectivity index (χ1) is 9.48. The zero-order chi connectivity index (χ0) is 14.6. The van der Waals surface area contributed by atoms with E-state index >= 15 is 0 Å². The van der Waals surface area contributed by atoms with Crippen molar-refractivity contribution in [1.82, 2.24) is 15.5 Å². The van der Waals surface area contributed by atoms with Gasteiger partial charge in [0, 0.05) is 24.1 Å². The maximum atomic E-state index is 5.27. The lowest BCUT2D eigenvalue weighted by Gasteiger charge is -2.19. The molecule has 2 aromatic rings. The summed E-state index contributed by atoms with van der Waals surface area (Å²) in [5.74, 6) is 2.01. The van der Waals surface area contributed by atoms with Crippen molar-refractivity contribution in [3.63, 3.8) is 0 Å². The van der Waals surface area contributed by atoms with Crippen LogP contribution in [0.1, 0.15) is 26.7 Å². The first-order valence-corrected chi connectivity index (χ1v) is 6.70. The molecule has 1 aromatic heterocycles. The van der Waals surface area contributed by atoms with E-state index in [0.717, 1.165) is 17.9 Å². The van der Waals surface area contributed by atoms with E-state index in [9.17, 15) is 0 Å². The predicted octanol–water partition coefficient (Wildman–Crippen LogP) is 2.68. The molecule has 108 valence electrons. The lowest BCUT2D eigenvalue weighted by molar-refractivity contribution is 0.362. The molecule has 0 radical (unpaired) electrons. The van der Waals surface area contributed by atoms with Gasteiger partial charge in [0.2, 0.25) is 11.7 Å². The maximum Gasteiger partial charge on any atom is 0.228 e. The number of hydrogen-bond donors (Lipinski definition) is 1. The van der Waals surface area contributed by atoms with Crippen LogP contribution in [0.15, 0.2) is 28.8 Å². The Morgan fingerprint density at radius 1 is 1.30 bits per heavy atom. The number of methoxy groups -OCH3 is 1. The van der Waals surface area contributed by atoms with Crippen molar-refractivity contribution in [3.05, 3.63) is 30.2 Å². The van der Waals surface area contributed by atoms with Crippen molar-refractivity contribution in [1.29, 1.82) is 0 Å². The van der Waals surface area contributed by atoms with E-state index in [0.29, 0.717) is 18.1 Å². The third kappa shape index (κ3) is 4.06. The van der Waals surface area contributed by atoms with Crippen LogP contribution in [0.5, 0.6) is 5.75 Å². The Morgan fingerprint density at radius 2 is 2.10 bits per heavy atom. The predicted molar refractivity (Wildman–Crippen MR) is 77.7 cm³/mol. The van der Waals surface area contributed by atoms with E-state index < -0.39 is 0 Å². The van der Waals surface area contributed by atoms with Crippen LogP contribution in [0.2, 0.25) is 0 Å². The van der Waals surface area contributed by atoms with Crippen molar-refractivity contribution >= 4 is 0 Å². The molecule has 20 heavy (non-hydrogen) atoms. The average molecular weight is 275 g/mol. The molecule has 1 heterocycles. The van der Waals surface area contributed by atoms with E-state index in [1.54, 1.807) is 7.11 Å². The lowest BCUT2D eigenvalue weighted by atomic mass is 10.1. The highest BCUT2D eigenvalue weighted by molar-refractivity contribution is 5.56. The molecule has 0 aliphatic carbocycles. The number of aromatic nitrogens is 2. The summed E-state index contributed by atoms with van der Waals surface area (Å²) in [5, 5.41) is 7.40. The van der Waals surface area contributed by atoms with E-state index in [-0.39, 0.29) is 5.54 Å². The quantitative estimate of drug-likeness (QED) is 0.909. The Hall–Kier alpha value is -1.88. The van der Waals surface area contributed by atoms with Gasteiger partial charge in [-0.2, -0.15) is 4.98 Å². The summed E-state index contributed by atoms with van der Waals surface area (Å²) in [6.45, 7) is 7.19. The molecular weight excluding hydrogens is 254 g/mol. The standard InChI is InChI=1S/C15H21N3O2/c1-15(2,3)16-9-8-13-17-14(18-20-13)11-6-5-7-12(10-11)19-4/h5-7,10,16H,8-9H2,1-4H3. The Labute approximate surface area is 119 Å². The number of nitrogens with zero attached hydrogens (tertiary/aromatic N) is 2. The van der Waals surface area contributed by atoms with Crippen LogP contribution >= 0.6 is 0 Å². The largest absolute Gasteiger partial charge is 0.497 e. The number of rotatable bonds is 5. The molecule has 0 fully saturated rings. The lowest BCUT2D eigenvalue weighted by Crippen LogP contribution is -2.37. The molecule has 1 N–H and O–H groups in total. The molecule has 0 bridgehead atoms. The Bertz CT molecular complexity index is 558. The second-order valence-electron chi connectivity index (χ2n) is 5.67. The highest BCUT2D eigenvalue weighted by Gasteiger charge is 2.12. The topological polar surface area (TPSA) is 60.2 Å². The van der Waals surface area contributed by atoms with Crippen molar-refractivity contribution in [2.45, 2.75) is 32.7 Å². The van der Waals surface area contributed by atoms with E-state index in [2.05, 4.69) is 36.2 Å². The summed E-state index contributed by atoms with van der Waals surface area (Å²) in [4.78, 5) is 4.40. The van der Waals surface area contributed by atoms with Crippen molar-refractivity contribution < 1.29 is 9.26 Å². The Morgan fingerprint density at radius 3 is 2.80 bits per heavy atom. The molecule has 0 saturated heterocycles. The zero-order valence-corrected chi connectivity index (χ0v) is 12.4. The fourth-order valence-electron chi connectivity index (χ4n) is 1.78. The smallest absolute Gasteiger partial charge is 0.228 e. The van der Waals surface area contributed by atoms with Gasteiger partial charge < -0.3 is 14.6 Å². The van der Waals surface area contributed by atoms with Gasteiger partial charge in [-0.15, -0.1) is 0 Å². The second kappa shape index (κ2) is 6.05. The SMILES string of the molecule is COc1cccc(-c2noc(CCNC(C)(C)C)n2)c1. The summed E-state index contributed by atoms with van der Waals surface area (Å²) in [7, 11) is 1.64. The third-order valence-corrected chi connectivity index (χ3v) is 2.79. The van der Waals surface area contributed by atoms with Gasteiger partial charge in [0.15, 0.2) is 0 Å². The van der Waals surface area contributed by atoms with Crippen LogP contribution < -0.4 is 10.1 Å². The van der Waals surface area contributed by atoms with Crippen LogP contribution in [0.25, 0.3) is 11.4 Å². The highest BCUT2D eigenvalue weighted by Crippen LogP contribution is 2.21. The van der Waals surface area contributed by atoms with Gasteiger partial charge in [0.1, 0.15) is 5.75 Å². The minimum Gasteiger partial charge on any atom is -0.497 e. The number of ether oxygens (including phenoxy) is 1. The van der Waals surface area contributed by atoms with E-state index in [1.807, 2.05) is 24.3 Å². The van der Waals surface area contributed by atoms with Crippen LogP contribution in [-0.4, -0.2) is 29.3 Å². The van der Waals surface area contributed by atoms with Crippen LogP contribution in [0.4, 0.5) is 0 Å². The van der Waals surface area contributed by atoms with Gasteiger partial charge in [-0.1, -0.05) is 17.3 Å². The van der Waals surface area contributed by atoms with Crippen molar-refractivity contribution in [3.8, 4) is 17.1 Å². The first-order valence-electron chi connectivity index (χ1n) is 6.70. The minimum absolute atomic E-state index is 0.0929. The molecule has 2 rings (SSSR count). The maximum absolute atomic E-state index is 5.27. The molecule has 0 spiro atoms. The summed E-state index contributed by atoms with van der Waals surface area (Å²) in [5.41, 5.74) is 0.985. The first kappa shape index (κ1) is 14.5. The molecule has 0 aliphatic heterocycles. The fraction of sp³-hybridized carbons (Fsp3) is 0.467. The number of nitrogens with one attached hydrogen (secondary N) is 1. The Kier molecular flexibility index (Phi) is 4.39. The highest BCUT2D eigenvalue weighted by atomic mass is 16.5. The summed E-state index contributed by atoms with van der Waals surface area (Å²) in [6.07, 6.45) is 0.717. The second-order valence-corrected chi connectivity index (χ2v) is 5.67. The normalized spacial score (nSPS) is 11.6. The van der Waals surface area contributed by atoms with E-state index in [1.165, 1.54) is 0 Å². The summed E-state index contributed by atoms with van der Waals surface area (Å²) >= 11 is 0. The van der Waals surface area contributed by atoms with Crippen molar-refractivity contribution in [2.75, 3.05) is 13.7 Å². The van der Waals surface area contributed by atoms with Gasteiger partial charge in [0.25, 0.3) is 0 Å². The zero-order valence-electron chi connectivity index (χ0n) is 12.4. The average Bonchev–Trinajstić information content (AvgIpc) is 2.86. The van der Waals surface area contributed by atoms with Gasteiger partial charge >= 0.3 is 0 Å². The molecule has 5 nitrogen and oxygen atoms in total. The molecular formula is C15H21N3O2. The molecule has 0 atom stereocenters. The molecule has 0 saturated carbocycles. The van der Waals surface area contributed by atoms with Gasteiger partial charge in [0.05, 0.1) is 7.11 Å². The van der Waals surface area contributed by atoms with Crippen LogP contribution in [-0.2, 0) is 6.42 Å². The molecule has 1 aromatic carbocycles. The van der Waals surface area contributed by atoms with Gasteiger partial charge in [-0.05, 0) is 32.9 Å². The molecule has 0 aliphatic rings. The number of hydrogen-bond acceptors (Lipinski definition) is 5. The van der Waals surface area contributed by atoms with Crippen LogP contribution in [0, 0.1) is 0 Å². The van der Waals surface area contributed by atoms with Gasteiger partial charge in [-0.25, -0.2) is 0 Å². The molecule has 0 unspecified atom stereocenters. The van der Waals surface area contributed by atoms with E-state index in [4.69, 9.17) is 9.26 Å². The number of benzene rings is 1. The fourth-order valence-corrected chi connectivity index (χ4v) is 1.78. The summed E-state index contributed by atoms with van der Waals surface area (Å²) in [6, 6.07) is 7.62. The molecule has 0 amide bonds. The van der Waals surface area contributed by atoms with Crippen molar-refractivity contribution in [2.24, 2.45) is 0 Å². The Balaban J connectivity index is 2.01. The minimum atomic E-state index is 0.0929. The third-order valence-electron chi connectivity index (χ3n) is 2.79. The monoisotopic (exact) mass is 275 g/mol. The molecule has 5 heteroatoms.